The molecule has 0 radical (unpaired) electrons. The van der Waals surface area contributed by atoms with Crippen molar-refractivity contribution in [1.82, 2.24) is 4.90 Å². The second kappa shape index (κ2) is 4.85. The van der Waals surface area contributed by atoms with E-state index in [0.29, 0.717) is 0 Å². The molecule has 0 aromatic rings. The normalized spacial score (nSPS) is 12.4. The Kier molecular flexibility index (Phi) is 4.53. The van der Waals surface area contributed by atoms with Crippen molar-refractivity contribution in [2.75, 3.05) is 7.05 Å². The van der Waals surface area contributed by atoms with Gasteiger partial charge in [-0.15, -0.1) is 0 Å². The topological polar surface area (TPSA) is 57.6 Å². The lowest BCUT2D eigenvalue weighted by molar-refractivity contribution is -0.152. The number of hydrogen-bond donors (Lipinski definition) is 1. The fourth-order valence-electron chi connectivity index (χ4n) is 1.15. The molecule has 0 aliphatic heterocycles. The van der Waals surface area contributed by atoms with E-state index in [1.165, 1.54) is 0 Å². The van der Waals surface area contributed by atoms with Gasteiger partial charge in [-0.05, 0) is 34.1 Å². The van der Waals surface area contributed by atoms with Crippen LogP contribution in [0, 0.1) is 5.41 Å². The van der Waals surface area contributed by atoms with Gasteiger partial charge in [0, 0.05) is 19.0 Å². The number of aliphatic carboxylic acids is 1. The van der Waals surface area contributed by atoms with E-state index in [-0.39, 0.29) is 17.9 Å². The predicted octanol–water partition coefficient (Wildman–Crippen LogP) is 2.13. The van der Waals surface area contributed by atoms with Gasteiger partial charge in [0.2, 0.25) is 5.91 Å². The van der Waals surface area contributed by atoms with Gasteiger partial charge in [-0.3, -0.25) is 9.59 Å². The van der Waals surface area contributed by atoms with Crippen LogP contribution >= 0.6 is 0 Å². The van der Waals surface area contributed by atoms with Crippen LogP contribution in [0.25, 0.3) is 0 Å². The van der Waals surface area contributed by atoms with E-state index < -0.39 is 11.4 Å². The number of amides is 1. The molecule has 0 aromatic heterocycles. The minimum Gasteiger partial charge on any atom is -0.481 e. The molecular weight excluding hydrogens is 206 g/mol. The van der Waals surface area contributed by atoms with Gasteiger partial charge in [-0.25, -0.2) is 0 Å². The van der Waals surface area contributed by atoms with E-state index in [1.807, 2.05) is 20.8 Å². The number of nitrogens with zero attached hydrogens (tertiary/aromatic N) is 1. The van der Waals surface area contributed by atoms with Crippen molar-refractivity contribution in [3.8, 4) is 0 Å². The average Bonchev–Trinajstić information content (AvgIpc) is 2.15. The highest BCUT2D eigenvalue weighted by molar-refractivity contribution is 5.84. The summed E-state index contributed by atoms with van der Waals surface area (Å²) in [5, 5.41) is 8.96. The molecule has 1 amide bonds. The molecule has 1 N–H and O–H groups in total. The van der Waals surface area contributed by atoms with E-state index in [0.717, 1.165) is 6.42 Å². The summed E-state index contributed by atoms with van der Waals surface area (Å²) in [6.45, 7) is 9.09. The molecule has 0 unspecified atom stereocenters. The highest BCUT2D eigenvalue weighted by atomic mass is 16.4. The molecule has 94 valence electrons. The van der Waals surface area contributed by atoms with Crippen molar-refractivity contribution in [3.05, 3.63) is 0 Å². The Bertz CT molecular complexity index is 282. The van der Waals surface area contributed by atoms with Crippen LogP contribution in [0.15, 0.2) is 0 Å². The molecule has 0 aromatic carbocycles. The Balaban J connectivity index is 4.67. The third kappa shape index (κ3) is 3.51. The van der Waals surface area contributed by atoms with Crippen molar-refractivity contribution < 1.29 is 14.7 Å². The Labute approximate surface area is 97.6 Å². The van der Waals surface area contributed by atoms with Gasteiger partial charge in [0.15, 0.2) is 0 Å². The Hall–Kier alpha value is -1.06. The van der Waals surface area contributed by atoms with Crippen LogP contribution < -0.4 is 0 Å². The maximum Gasteiger partial charge on any atom is 0.309 e. The Morgan fingerprint density at radius 2 is 1.62 bits per heavy atom. The largest absolute Gasteiger partial charge is 0.481 e. The van der Waals surface area contributed by atoms with E-state index in [2.05, 4.69) is 0 Å². The van der Waals surface area contributed by atoms with Crippen LogP contribution in [0.2, 0.25) is 0 Å². The number of rotatable bonds is 5. The lowest BCUT2D eigenvalue weighted by Gasteiger charge is -2.36. The quantitative estimate of drug-likeness (QED) is 0.785. The van der Waals surface area contributed by atoms with Gasteiger partial charge < -0.3 is 10.0 Å². The summed E-state index contributed by atoms with van der Waals surface area (Å²) in [5.74, 6) is -1.07. The monoisotopic (exact) mass is 229 g/mol. The second-order valence-electron chi connectivity index (χ2n) is 5.48. The first-order chi connectivity index (χ1) is 7.04. The van der Waals surface area contributed by atoms with Gasteiger partial charge in [-0.2, -0.15) is 0 Å². The maximum atomic E-state index is 11.9. The number of carbonyl (C=O) groups is 2. The van der Waals surface area contributed by atoms with Crippen LogP contribution in [-0.4, -0.2) is 34.5 Å². The van der Waals surface area contributed by atoms with E-state index in [4.69, 9.17) is 5.11 Å². The highest BCUT2D eigenvalue weighted by Gasteiger charge is 2.34. The Morgan fingerprint density at radius 1 is 1.19 bits per heavy atom. The van der Waals surface area contributed by atoms with Crippen LogP contribution in [0.1, 0.15) is 47.5 Å². The smallest absolute Gasteiger partial charge is 0.309 e. The zero-order valence-corrected chi connectivity index (χ0v) is 11.1. The molecule has 0 heterocycles. The maximum absolute atomic E-state index is 11.9. The summed E-state index contributed by atoms with van der Waals surface area (Å²) in [7, 11) is 1.73. The summed E-state index contributed by atoms with van der Waals surface area (Å²) in [6, 6.07) is 0. The molecule has 0 aliphatic rings. The van der Waals surface area contributed by atoms with Crippen molar-refractivity contribution >= 4 is 11.9 Å². The van der Waals surface area contributed by atoms with E-state index in [1.54, 1.807) is 25.8 Å². The van der Waals surface area contributed by atoms with Gasteiger partial charge in [0.05, 0.1) is 5.41 Å². The standard InChI is InChI=1S/C12H23NO3/c1-7-12(4,5)13(6)9(14)8-11(2,3)10(15)16/h7-8H2,1-6H3,(H,15,16). The van der Waals surface area contributed by atoms with E-state index >= 15 is 0 Å². The van der Waals surface area contributed by atoms with Crippen LogP contribution in [0.4, 0.5) is 0 Å². The van der Waals surface area contributed by atoms with Crippen molar-refractivity contribution in [2.24, 2.45) is 5.41 Å². The van der Waals surface area contributed by atoms with Gasteiger partial charge in [0.1, 0.15) is 0 Å². The molecule has 0 saturated carbocycles. The third-order valence-electron chi connectivity index (χ3n) is 3.32. The van der Waals surface area contributed by atoms with Gasteiger partial charge in [-0.1, -0.05) is 6.92 Å². The molecule has 0 saturated heterocycles. The van der Waals surface area contributed by atoms with Crippen molar-refractivity contribution in [2.45, 2.75) is 53.0 Å². The SMILES string of the molecule is CCC(C)(C)N(C)C(=O)CC(C)(C)C(=O)O. The summed E-state index contributed by atoms with van der Waals surface area (Å²) < 4.78 is 0. The number of carboxylic acid groups (broad SMARTS) is 1. The summed E-state index contributed by atoms with van der Waals surface area (Å²) >= 11 is 0. The lowest BCUT2D eigenvalue weighted by Crippen LogP contribution is -2.46. The third-order valence-corrected chi connectivity index (χ3v) is 3.32. The van der Waals surface area contributed by atoms with Crippen molar-refractivity contribution in [3.63, 3.8) is 0 Å². The zero-order chi connectivity index (χ0) is 13.1. The number of hydrogen-bond acceptors (Lipinski definition) is 2. The minimum absolute atomic E-state index is 0.0300. The van der Waals surface area contributed by atoms with Crippen LogP contribution in [0.3, 0.4) is 0 Å². The first-order valence-electron chi connectivity index (χ1n) is 5.54. The first kappa shape index (κ1) is 14.9. The summed E-state index contributed by atoms with van der Waals surface area (Å²) in [4.78, 5) is 24.5. The molecule has 0 rings (SSSR count). The molecule has 0 atom stereocenters. The first-order valence-corrected chi connectivity index (χ1v) is 5.54. The molecule has 4 heteroatoms. The van der Waals surface area contributed by atoms with Crippen LogP contribution in [-0.2, 0) is 9.59 Å². The fourth-order valence-corrected chi connectivity index (χ4v) is 1.15. The average molecular weight is 229 g/mol. The fraction of sp³-hybridized carbons (Fsp3) is 0.833. The molecule has 16 heavy (non-hydrogen) atoms. The number of carboxylic acids is 1. The van der Waals surface area contributed by atoms with Gasteiger partial charge >= 0.3 is 5.97 Å². The molecule has 4 nitrogen and oxygen atoms in total. The zero-order valence-electron chi connectivity index (χ0n) is 11.1. The minimum atomic E-state index is -1.00. The Morgan fingerprint density at radius 3 is 1.94 bits per heavy atom. The second-order valence-corrected chi connectivity index (χ2v) is 5.48. The predicted molar refractivity (Wildman–Crippen MR) is 63.2 cm³/mol. The lowest BCUT2D eigenvalue weighted by atomic mass is 9.88. The van der Waals surface area contributed by atoms with Crippen molar-refractivity contribution in [1.29, 1.82) is 0 Å². The molecule has 0 aliphatic carbocycles. The molecular formula is C12H23NO3. The summed E-state index contributed by atoms with van der Waals surface area (Å²) in [5.41, 5.74) is -1.24. The van der Waals surface area contributed by atoms with Crippen LogP contribution in [0.5, 0.6) is 0 Å². The molecule has 0 fully saturated rings. The van der Waals surface area contributed by atoms with E-state index in [9.17, 15) is 9.59 Å². The molecule has 0 spiro atoms. The number of carbonyl (C=O) groups excluding carboxylic acids is 1. The molecule has 0 bridgehead atoms. The summed E-state index contributed by atoms with van der Waals surface area (Å²) in [6.07, 6.45) is 0.866. The van der Waals surface area contributed by atoms with Gasteiger partial charge in [0.25, 0.3) is 0 Å². The highest BCUT2D eigenvalue weighted by Crippen LogP contribution is 2.25.